The Labute approximate surface area is 154 Å². The summed E-state index contributed by atoms with van der Waals surface area (Å²) in [6.45, 7) is 4.94. The Bertz CT molecular complexity index is 784. The number of rotatable bonds is 4. The van der Waals surface area contributed by atoms with Gasteiger partial charge in [-0.05, 0) is 43.5 Å². The zero-order chi connectivity index (χ0) is 17.9. The summed E-state index contributed by atoms with van der Waals surface area (Å²) in [7, 11) is 0. The largest absolute Gasteiger partial charge is 0.493 e. The number of carbonyl (C=O) groups excluding carboxylic acids is 1. The second-order valence-electron chi connectivity index (χ2n) is 7.28. The average Bonchev–Trinajstić information content (AvgIpc) is 3.16. The van der Waals surface area contributed by atoms with E-state index in [4.69, 9.17) is 9.47 Å². The van der Waals surface area contributed by atoms with Crippen molar-refractivity contribution in [2.45, 2.75) is 26.2 Å². The first-order valence-electron chi connectivity index (χ1n) is 9.44. The summed E-state index contributed by atoms with van der Waals surface area (Å²) >= 11 is 0. The summed E-state index contributed by atoms with van der Waals surface area (Å²) in [5, 5.41) is 0. The van der Waals surface area contributed by atoms with Crippen molar-refractivity contribution in [3.8, 4) is 11.5 Å². The fraction of sp³-hybridized carbons (Fsp3) is 0.409. The monoisotopic (exact) mass is 351 g/mol. The van der Waals surface area contributed by atoms with Gasteiger partial charge in [0.2, 0.25) is 0 Å². The number of hydrogen-bond donors (Lipinski definition) is 0. The molecule has 4 heteroatoms. The molecule has 136 valence electrons. The third kappa shape index (κ3) is 3.55. The maximum atomic E-state index is 13.0. The summed E-state index contributed by atoms with van der Waals surface area (Å²) in [6.07, 6.45) is 3.01. The molecule has 0 bridgehead atoms. The molecule has 1 atom stereocenters. The van der Waals surface area contributed by atoms with Crippen LogP contribution in [0.25, 0.3) is 0 Å². The van der Waals surface area contributed by atoms with E-state index >= 15 is 0 Å². The number of hydrogen-bond acceptors (Lipinski definition) is 3. The van der Waals surface area contributed by atoms with Crippen molar-refractivity contribution >= 4 is 5.91 Å². The number of carbonyl (C=O) groups is 1. The number of fused-ring (bicyclic) bond motifs is 1. The summed E-state index contributed by atoms with van der Waals surface area (Å²) in [5.74, 6) is 2.14. The van der Waals surface area contributed by atoms with Gasteiger partial charge in [0.25, 0.3) is 5.91 Å². The van der Waals surface area contributed by atoms with Crippen LogP contribution in [0.4, 0.5) is 0 Å². The molecule has 1 fully saturated rings. The molecule has 2 aromatic rings. The van der Waals surface area contributed by atoms with E-state index in [2.05, 4.69) is 19.1 Å². The lowest BCUT2D eigenvalue weighted by Crippen LogP contribution is -2.41. The number of para-hydroxylation sites is 1. The normalized spacial score (nSPS) is 19.0. The van der Waals surface area contributed by atoms with Gasteiger partial charge in [0.1, 0.15) is 11.5 Å². The number of likely N-dealkylation sites (tertiary alicyclic amines) is 1. The Morgan fingerprint density at radius 1 is 1.23 bits per heavy atom. The minimum Gasteiger partial charge on any atom is -0.493 e. The number of piperidine rings is 1. The molecule has 26 heavy (non-hydrogen) atoms. The molecule has 1 saturated heterocycles. The number of ether oxygens (including phenoxy) is 2. The van der Waals surface area contributed by atoms with Crippen LogP contribution in [0.1, 0.15) is 34.3 Å². The molecular weight excluding hydrogens is 326 g/mol. The van der Waals surface area contributed by atoms with Crippen molar-refractivity contribution in [3.05, 3.63) is 59.2 Å². The maximum Gasteiger partial charge on any atom is 0.257 e. The zero-order valence-corrected chi connectivity index (χ0v) is 15.2. The Morgan fingerprint density at radius 3 is 2.92 bits per heavy atom. The van der Waals surface area contributed by atoms with Gasteiger partial charge in [-0.25, -0.2) is 0 Å². The third-order valence-corrected chi connectivity index (χ3v) is 5.26. The van der Waals surface area contributed by atoms with Gasteiger partial charge < -0.3 is 14.4 Å². The first kappa shape index (κ1) is 17.0. The van der Waals surface area contributed by atoms with E-state index in [0.29, 0.717) is 24.7 Å². The minimum atomic E-state index is 0.0868. The summed E-state index contributed by atoms with van der Waals surface area (Å²) in [5.41, 5.74) is 3.08. The molecule has 2 aromatic carbocycles. The van der Waals surface area contributed by atoms with E-state index in [9.17, 15) is 4.79 Å². The predicted molar refractivity (Wildman–Crippen MR) is 101 cm³/mol. The van der Waals surface area contributed by atoms with Crippen LogP contribution in [0.3, 0.4) is 0 Å². The molecule has 2 aliphatic rings. The first-order valence-corrected chi connectivity index (χ1v) is 9.44. The molecular formula is C22H25NO3. The van der Waals surface area contributed by atoms with E-state index < -0.39 is 0 Å². The molecule has 0 unspecified atom stereocenters. The number of amides is 1. The van der Waals surface area contributed by atoms with Crippen LogP contribution in [-0.4, -0.2) is 37.1 Å². The Kier molecular flexibility index (Phi) is 4.83. The highest BCUT2D eigenvalue weighted by Gasteiger charge is 2.28. The molecule has 0 saturated carbocycles. The highest BCUT2D eigenvalue weighted by molar-refractivity contribution is 5.97. The zero-order valence-electron chi connectivity index (χ0n) is 15.2. The van der Waals surface area contributed by atoms with Gasteiger partial charge in [0.05, 0.1) is 18.8 Å². The Hall–Kier alpha value is -2.49. The van der Waals surface area contributed by atoms with Crippen LogP contribution in [0.5, 0.6) is 11.5 Å². The van der Waals surface area contributed by atoms with Gasteiger partial charge in [0, 0.05) is 25.4 Å². The molecule has 1 amide bonds. The fourth-order valence-corrected chi connectivity index (χ4v) is 3.79. The van der Waals surface area contributed by atoms with Gasteiger partial charge in [-0.1, -0.05) is 29.8 Å². The second-order valence-corrected chi connectivity index (χ2v) is 7.28. The lowest BCUT2D eigenvalue weighted by molar-refractivity contribution is 0.0630. The van der Waals surface area contributed by atoms with Gasteiger partial charge in [-0.15, -0.1) is 0 Å². The lowest BCUT2D eigenvalue weighted by Gasteiger charge is -2.33. The Balaban J connectivity index is 1.39. The van der Waals surface area contributed by atoms with Crippen LogP contribution in [0.15, 0.2) is 42.5 Å². The van der Waals surface area contributed by atoms with Gasteiger partial charge in [-0.2, -0.15) is 0 Å². The number of nitrogens with zero attached hydrogens (tertiary/aromatic N) is 1. The van der Waals surface area contributed by atoms with Crippen molar-refractivity contribution in [1.29, 1.82) is 0 Å². The van der Waals surface area contributed by atoms with E-state index in [0.717, 1.165) is 49.4 Å². The smallest absolute Gasteiger partial charge is 0.257 e. The Morgan fingerprint density at radius 2 is 2.08 bits per heavy atom. The topological polar surface area (TPSA) is 38.8 Å². The molecule has 0 radical (unpaired) electrons. The van der Waals surface area contributed by atoms with E-state index in [-0.39, 0.29) is 5.91 Å². The van der Waals surface area contributed by atoms with Gasteiger partial charge >= 0.3 is 0 Å². The van der Waals surface area contributed by atoms with E-state index in [1.165, 1.54) is 5.56 Å². The van der Waals surface area contributed by atoms with Gasteiger partial charge in [0.15, 0.2) is 0 Å². The standard InChI is InChI=1S/C22H25NO3/c1-16-7-9-19(10-8-16)26-15-17-4-3-12-23(14-17)22(24)20-6-2-5-18-11-13-25-21(18)20/h2,5-10,17H,3-4,11-15H2,1H3/t17-/m1/s1. The summed E-state index contributed by atoms with van der Waals surface area (Å²) in [4.78, 5) is 15.0. The average molecular weight is 351 g/mol. The number of aryl methyl sites for hydroxylation is 1. The van der Waals surface area contributed by atoms with E-state index in [1.54, 1.807) is 0 Å². The molecule has 4 nitrogen and oxygen atoms in total. The van der Waals surface area contributed by atoms with Crippen LogP contribution in [0, 0.1) is 12.8 Å². The van der Waals surface area contributed by atoms with Crippen molar-refractivity contribution in [2.24, 2.45) is 5.92 Å². The highest BCUT2D eigenvalue weighted by atomic mass is 16.5. The van der Waals surface area contributed by atoms with Crippen molar-refractivity contribution in [2.75, 3.05) is 26.3 Å². The third-order valence-electron chi connectivity index (χ3n) is 5.26. The quantitative estimate of drug-likeness (QED) is 0.840. The van der Waals surface area contributed by atoms with Crippen LogP contribution < -0.4 is 9.47 Å². The number of benzene rings is 2. The molecule has 0 N–H and O–H groups in total. The SMILES string of the molecule is Cc1ccc(OC[C@@H]2CCCN(C(=O)c3cccc4c3OCC4)C2)cc1. The molecule has 2 aliphatic heterocycles. The van der Waals surface area contributed by atoms with Crippen LogP contribution >= 0.6 is 0 Å². The predicted octanol–water partition coefficient (Wildman–Crippen LogP) is 3.86. The molecule has 0 aliphatic carbocycles. The molecule has 2 heterocycles. The molecule has 0 spiro atoms. The summed E-state index contributed by atoms with van der Waals surface area (Å²) in [6, 6.07) is 14.0. The van der Waals surface area contributed by atoms with Crippen LogP contribution in [0.2, 0.25) is 0 Å². The molecule has 4 rings (SSSR count). The van der Waals surface area contributed by atoms with Crippen molar-refractivity contribution < 1.29 is 14.3 Å². The fourth-order valence-electron chi connectivity index (χ4n) is 3.79. The van der Waals surface area contributed by atoms with Crippen LogP contribution in [-0.2, 0) is 6.42 Å². The van der Waals surface area contributed by atoms with Crippen molar-refractivity contribution in [3.63, 3.8) is 0 Å². The maximum absolute atomic E-state index is 13.0. The first-order chi connectivity index (χ1) is 12.7. The van der Waals surface area contributed by atoms with E-state index in [1.807, 2.05) is 35.2 Å². The highest BCUT2D eigenvalue weighted by Crippen LogP contribution is 2.31. The van der Waals surface area contributed by atoms with Crippen molar-refractivity contribution in [1.82, 2.24) is 4.90 Å². The second kappa shape index (κ2) is 7.40. The van der Waals surface area contributed by atoms with Gasteiger partial charge in [-0.3, -0.25) is 4.79 Å². The minimum absolute atomic E-state index is 0.0868. The molecule has 0 aromatic heterocycles. The summed E-state index contributed by atoms with van der Waals surface area (Å²) < 4.78 is 11.7. The lowest BCUT2D eigenvalue weighted by atomic mass is 9.97.